The first-order valence-electron chi connectivity index (χ1n) is 11.8. The van der Waals surface area contributed by atoms with Gasteiger partial charge in [-0.25, -0.2) is 24.0 Å². The number of likely N-dealkylation sites (tertiary alicyclic amines) is 1. The molecule has 0 aromatic carbocycles. The van der Waals surface area contributed by atoms with Crippen LogP contribution in [0, 0.1) is 0 Å². The lowest BCUT2D eigenvalue weighted by Gasteiger charge is -2.29. The molecule has 3 atom stereocenters. The average Bonchev–Trinajstić information content (AvgIpc) is 3.67. The second-order valence-corrected chi connectivity index (χ2v) is 9.26. The summed E-state index contributed by atoms with van der Waals surface area (Å²) < 4.78 is 60.8. The van der Waals surface area contributed by atoms with Gasteiger partial charge < -0.3 is 25.8 Å². The number of halogens is 4. The topological polar surface area (TPSA) is 202 Å². The van der Waals surface area contributed by atoms with E-state index in [-0.39, 0.29) is 30.0 Å². The quantitative estimate of drug-likeness (QED) is 0.227. The number of nitrogens with one attached hydrogen (secondary N) is 2. The molecule has 0 radical (unpaired) electrons. The standard InChI is InChI=1S/C22H21F4N11O4/c1-21(40,22(24,25)26)20(39)36-6-12(23)13(7-36)31-18(38)11-3-9(5-28-19(11)41-2)15-10(17-32-34-35-33-17)4-14-16(27)29-8-30-37(14)15/h3-5,8,12-13,40H,6-7H2,1-2H3,(H,31,38)(H2,27,29,30)(H,32,33,34,35)/t12-,13+,21+/m0/s1. The normalized spacial score (nSPS) is 18.9. The van der Waals surface area contributed by atoms with E-state index in [2.05, 4.69) is 41.0 Å². The van der Waals surface area contributed by atoms with Gasteiger partial charge in [0.25, 0.3) is 11.8 Å². The van der Waals surface area contributed by atoms with Crippen LogP contribution in [0.2, 0.25) is 0 Å². The zero-order valence-electron chi connectivity index (χ0n) is 21.2. The number of rotatable bonds is 6. The number of methoxy groups -OCH3 is 1. The molecule has 0 saturated carbocycles. The van der Waals surface area contributed by atoms with Crippen LogP contribution in [0.4, 0.5) is 23.4 Å². The number of nitrogens with two attached hydrogens (primary N) is 1. The van der Waals surface area contributed by atoms with Gasteiger partial charge >= 0.3 is 6.18 Å². The zero-order valence-corrected chi connectivity index (χ0v) is 21.2. The van der Waals surface area contributed by atoms with E-state index in [0.717, 1.165) is 0 Å². The van der Waals surface area contributed by atoms with Crippen molar-refractivity contribution >= 4 is 23.1 Å². The molecule has 19 heteroatoms. The maximum absolute atomic E-state index is 14.8. The van der Waals surface area contributed by atoms with Gasteiger partial charge in [0, 0.05) is 23.9 Å². The van der Waals surface area contributed by atoms with Gasteiger partial charge in [-0.2, -0.15) is 18.3 Å². The highest BCUT2D eigenvalue weighted by molar-refractivity contribution is 5.98. The molecule has 1 fully saturated rings. The van der Waals surface area contributed by atoms with Crippen LogP contribution in [-0.4, -0.2) is 106 Å². The second kappa shape index (κ2) is 9.91. The minimum atomic E-state index is -5.28. The molecule has 1 saturated heterocycles. The van der Waals surface area contributed by atoms with Crippen LogP contribution in [-0.2, 0) is 4.79 Å². The number of aromatic amines is 1. The molecule has 5 rings (SSSR count). The molecule has 5 N–H and O–H groups in total. The number of alkyl halides is 4. The van der Waals surface area contributed by atoms with Crippen molar-refractivity contribution in [1.82, 2.24) is 50.4 Å². The van der Waals surface area contributed by atoms with Crippen LogP contribution in [0.1, 0.15) is 17.3 Å². The lowest BCUT2D eigenvalue weighted by atomic mass is 10.1. The Hall–Kier alpha value is -4.94. The molecule has 0 unspecified atom stereocenters. The molecule has 0 aliphatic carbocycles. The molecule has 0 spiro atoms. The summed E-state index contributed by atoms with van der Waals surface area (Å²) in [6, 6.07) is 1.60. The van der Waals surface area contributed by atoms with Crippen molar-refractivity contribution in [2.75, 3.05) is 25.9 Å². The summed E-state index contributed by atoms with van der Waals surface area (Å²) in [5, 5.41) is 30.0. The van der Waals surface area contributed by atoms with E-state index < -0.39 is 48.9 Å². The van der Waals surface area contributed by atoms with E-state index >= 15 is 0 Å². The monoisotopic (exact) mass is 579 g/mol. The number of tetrazole rings is 1. The Balaban J connectivity index is 1.47. The maximum atomic E-state index is 14.8. The van der Waals surface area contributed by atoms with E-state index in [1.54, 1.807) is 6.07 Å². The number of pyridine rings is 1. The van der Waals surface area contributed by atoms with Crippen molar-refractivity contribution < 1.29 is 37.0 Å². The lowest BCUT2D eigenvalue weighted by Crippen LogP contribution is -2.56. The van der Waals surface area contributed by atoms with Crippen LogP contribution in [0.5, 0.6) is 5.88 Å². The SMILES string of the molecule is COc1ncc(-c2c(-c3nnn[nH]3)cc3c(N)ncnn23)cc1C(=O)N[C@@H]1CN(C(=O)[C@@](C)(O)C(F)(F)F)C[C@@H]1F. The highest BCUT2D eigenvalue weighted by atomic mass is 19.4. The average molecular weight is 579 g/mol. The Kier molecular flexibility index (Phi) is 6.68. The van der Waals surface area contributed by atoms with E-state index in [1.807, 2.05) is 0 Å². The number of hydrogen-bond donors (Lipinski definition) is 4. The van der Waals surface area contributed by atoms with E-state index in [0.29, 0.717) is 27.2 Å². The summed E-state index contributed by atoms with van der Waals surface area (Å²) in [5.41, 5.74) is 3.59. The Morgan fingerprint density at radius 3 is 2.66 bits per heavy atom. The number of aromatic nitrogens is 8. The van der Waals surface area contributed by atoms with Gasteiger partial charge in [0.15, 0.2) is 11.6 Å². The largest absolute Gasteiger partial charge is 0.480 e. The molecule has 4 aromatic heterocycles. The Morgan fingerprint density at radius 2 is 2.00 bits per heavy atom. The number of nitrogens with zero attached hydrogens (tertiary/aromatic N) is 8. The number of amides is 2. The summed E-state index contributed by atoms with van der Waals surface area (Å²) in [6.07, 6.45) is -4.62. The van der Waals surface area contributed by atoms with Crippen molar-refractivity contribution in [3.8, 4) is 28.5 Å². The fourth-order valence-electron chi connectivity index (χ4n) is 4.39. The molecule has 0 bridgehead atoms. The van der Waals surface area contributed by atoms with E-state index in [4.69, 9.17) is 10.5 Å². The van der Waals surface area contributed by atoms with Gasteiger partial charge in [-0.3, -0.25) is 9.59 Å². The van der Waals surface area contributed by atoms with Crippen molar-refractivity contribution in [3.05, 3.63) is 30.2 Å². The molecule has 216 valence electrons. The minimum Gasteiger partial charge on any atom is -0.480 e. The number of hydrogen-bond acceptors (Lipinski definition) is 11. The molecule has 5 heterocycles. The molecule has 1 aliphatic heterocycles. The third-order valence-electron chi connectivity index (χ3n) is 6.59. The van der Waals surface area contributed by atoms with Crippen LogP contribution in [0.25, 0.3) is 28.2 Å². The first-order valence-corrected chi connectivity index (χ1v) is 11.8. The number of nitrogen functional groups attached to an aromatic ring is 1. The van der Waals surface area contributed by atoms with E-state index in [1.165, 1.54) is 30.2 Å². The predicted molar refractivity (Wildman–Crippen MR) is 130 cm³/mol. The highest BCUT2D eigenvalue weighted by Gasteiger charge is 2.58. The van der Waals surface area contributed by atoms with Gasteiger partial charge in [-0.1, -0.05) is 0 Å². The molecular formula is C22H21F4N11O4. The zero-order chi connectivity index (χ0) is 29.7. The Labute approximate surface area is 226 Å². The molecule has 15 nitrogen and oxygen atoms in total. The summed E-state index contributed by atoms with van der Waals surface area (Å²) in [6.45, 7) is -1.10. The van der Waals surface area contributed by atoms with Crippen molar-refractivity contribution in [2.45, 2.75) is 30.9 Å². The number of carbonyl (C=O) groups excluding carboxylic acids is 2. The molecule has 2 amide bonds. The van der Waals surface area contributed by atoms with Gasteiger partial charge in [0.2, 0.25) is 11.5 Å². The molecule has 4 aromatic rings. The third kappa shape index (κ3) is 4.72. The predicted octanol–water partition coefficient (Wildman–Crippen LogP) is 0.154. The third-order valence-corrected chi connectivity index (χ3v) is 6.59. The molecule has 41 heavy (non-hydrogen) atoms. The summed E-state index contributed by atoms with van der Waals surface area (Å²) in [5.74, 6) is -2.40. The number of anilines is 1. The first kappa shape index (κ1) is 27.6. The maximum Gasteiger partial charge on any atom is 0.426 e. The van der Waals surface area contributed by atoms with Crippen molar-refractivity contribution in [2.24, 2.45) is 0 Å². The highest BCUT2D eigenvalue weighted by Crippen LogP contribution is 2.36. The summed E-state index contributed by atoms with van der Waals surface area (Å²) >= 11 is 0. The Morgan fingerprint density at radius 1 is 1.24 bits per heavy atom. The van der Waals surface area contributed by atoms with Gasteiger partial charge in [0.1, 0.15) is 23.6 Å². The Bertz CT molecular complexity index is 1620. The first-order chi connectivity index (χ1) is 19.3. The number of aliphatic hydroxyl groups is 1. The lowest BCUT2D eigenvalue weighted by molar-refractivity contribution is -0.249. The van der Waals surface area contributed by atoms with Crippen molar-refractivity contribution in [3.63, 3.8) is 0 Å². The smallest absolute Gasteiger partial charge is 0.426 e. The minimum absolute atomic E-state index is 0.137. The molecular weight excluding hydrogens is 558 g/mol. The fraction of sp³-hybridized carbons (Fsp3) is 0.364. The van der Waals surface area contributed by atoms with Crippen LogP contribution < -0.4 is 15.8 Å². The van der Waals surface area contributed by atoms with Gasteiger partial charge in [-0.15, -0.1) is 5.10 Å². The fourth-order valence-corrected chi connectivity index (χ4v) is 4.39. The van der Waals surface area contributed by atoms with Gasteiger partial charge in [0.05, 0.1) is 25.4 Å². The van der Waals surface area contributed by atoms with Crippen LogP contribution >= 0.6 is 0 Å². The molecule has 1 aliphatic rings. The summed E-state index contributed by atoms with van der Waals surface area (Å²) in [4.78, 5) is 34.2. The number of ether oxygens (including phenoxy) is 1. The number of H-pyrrole nitrogens is 1. The van der Waals surface area contributed by atoms with E-state index in [9.17, 15) is 32.3 Å². The van der Waals surface area contributed by atoms with Crippen molar-refractivity contribution in [1.29, 1.82) is 0 Å². The number of carbonyl (C=O) groups is 2. The van der Waals surface area contributed by atoms with Crippen LogP contribution in [0.3, 0.4) is 0 Å². The summed E-state index contributed by atoms with van der Waals surface area (Å²) in [7, 11) is 1.25. The number of fused-ring (bicyclic) bond motifs is 1. The van der Waals surface area contributed by atoms with Crippen LogP contribution in [0.15, 0.2) is 24.7 Å². The second-order valence-electron chi connectivity index (χ2n) is 9.26. The van der Waals surface area contributed by atoms with Gasteiger partial charge in [-0.05, 0) is 29.5 Å².